The molecule has 0 saturated heterocycles. The van der Waals surface area contributed by atoms with Crippen molar-refractivity contribution < 1.29 is 9.53 Å². The first kappa shape index (κ1) is 19.8. The maximum absolute atomic E-state index is 12.8. The van der Waals surface area contributed by atoms with Gasteiger partial charge in [-0.05, 0) is 72.7 Å². The first-order valence-electron chi connectivity index (χ1n) is 11.4. The molecular weight excluding hydrogens is 410 g/mol. The molecule has 3 aromatic carbocycles. The van der Waals surface area contributed by atoms with Crippen LogP contribution in [-0.2, 0) is 25.7 Å². The molecule has 0 spiro atoms. The molecule has 0 fully saturated rings. The number of ether oxygens (including phenoxy) is 1. The highest BCUT2D eigenvalue weighted by Crippen LogP contribution is 2.38. The number of nitrogens with one attached hydrogen (secondary N) is 2. The fourth-order valence-corrected chi connectivity index (χ4v) is 5.19. The Morgan fingerprint density at radius 1 is 0.970 bits per heavy atom. The molecule has 164 valence electrons. The minimum atomic E-state index is -0.0220. The van der Waals surface area contributed by atoms with Crippen molar-refractivity contribution in [3.63, 3.8) is 0 Å². The topological polar surface area (TPSA) is 67.0 Å². The van der Waals surface area contributed by atoms with Gasteiger partial charge in [0.2, 0.25) is 0 Å². The molecule has 0 unspecified atom stereocenters. The van der Waals surface area contributed by atoms with Gasteiger partial charge in [0.1, 0.15) is 5.75 Å². The summed E-state index contributed by atoms with van der Waals surface area (Å²) in [7, 11) is 1.70. The fourth-order valence-electron chi connectivity index (χ4n) is 5.19. The van der Waals surface area contributed by atoms with Crippen molar-refractivity contribution in [2.75, 3.05) is 7.11 Å². The summed E-state index contributed by atoms with van der Waals surface area (Å²) in [5.74, 6) is 0.860. The number of H-pyrrole nitrogens is 1. The number of rotatable bonds is 4. The van der Waals surface area contributed by atoms with Crippen molar-refractivity contribution in [1.29, 1.82) is 0 Å². The molecule has 2 N–H and O–H groups in total. The quantitative estimate of drug-likeness (QED) is 0.486. The van der Waals surface area contributed by atoms with Crippen LogP contribution < -0.4 is 10.1 Å². The van der Waals surface area contributed by atoms with Crippen molar-refractivity contribution in [1.82, 2.24) is 15.5 Å². The lowest BCUT2D eigenvalue weighted by Gasteiger charge is -2.17. The third-order valence-corrected chi connectivity index (χ3v) is 6.90. The summed E-state index contributed by atoms with van der Waals surface area (Å²) in [6.45, 7) is 0. The minimum Gasteiger partial charge on any atom is -0.497 e. The van der Waals surface area contributed by atoms with E-state index < -0.39 is 0 Å². The highest BCUT2D eigenvalue weighted by Gasteiger charge is 2.24. The molecule has 0 saturated carbocycles. The molecule has 4 aromatic rings. The van der Waals surface area contributed by atoms with E-state index in [0.717, 1.165) is 48.4 Å². The number of fused-ring (bicyclic) bond motifs is 4. The average Bonchev–Trinajstić information content (AvgIpc) is 3.47. The fraction of sp³-hybridized carbons (Fsp3) is 0.214. The number of amides is 1. The Kier molecular flexibility index (Phi) is 4.75. The monoisotopic (exact) mass is 435 g/mol. The van der Waals surface area contributed by atoms with E-state index in [4.69, 9.17) is 4.74 Å². The number of carbonyl (C=O) groups excluding carboxylic acids is 1. The zero-order valence-electron chi connectivity index (χ0n) is 18.5. The Hall–Kier alpha value is -3.86. The van der Waals surface area contributed by atoms with Gasteiger partial charge in [0, 0.05) is 28.3 Å². The van der Waals surface area contributed by atoms with Crippen molar-refractivity contribution in [3.05, 3.63) is 94.5 Å². The van der Waals surface area contributed by atoms with E-state index in [2.05, 4.69) is 51.9 Å². The summed E-state index contributed by atoms with van der Waals surface area (Å²) in [6.07, 6.45) is 3.67. The molecule has 2 aliphatic carbocycles. The number of methoxy groups -OCH3 is 1. The number of hydrogen-bond donors (Lipinski definition) is 2. The lowest BCUT2D eigenvalue weighted by atomic mass is 9.87. The molecule has 6 rings (SSSR count). The van der Waals surface area contributed by atoms with Crippen LogP contribution in [0.3, 0.4) is 0 Å². The Bertz CT molecular complexity index is 1330. The molecular formula is C28H25N3O2. The van der Waals surface area contributed by atoms with Gasteiger partial charge in [-0.25, -0.2) is 0 Å². The zero-order chi connectivity index (χ0) is 22.4. The minimum absolute atomic E-state index is 0.0220. The smallest absolute Gasteiger partial charge is 0.251 e. The molecule has 0 aliphatic heterocycles. The molecule has 0 bridgehead atoms. The summed E-state index contributed by atoms with van der Waals surface area (Å²) in [4.78, 5) is 12.8. The van der Waals surface area contributed by atoms with Gasteiger partial charge in [0.15, 0.2) is 0 Å². The first-order valence-corrected chi connectivity index (χ1v) is 11.4. The van der Waals surface area contributed by atoms with Crippen LogP contribution in [0.2, 0.25) is 0 Å². The maximum atomic E-state index is 12.8. The second-order valence-electron chi connectivity index (χ2n) is 8.87. The average molecular weight is 436 g/mol. The van der Waals surface area contributed by atoms with Crippen molar-refractivity contribution in [2.45, 2.75) is 31.7 Å². The van der Waals surface area contributed by atoms with Gasteiger partial charge in [-0.3, -0.25) is 9.89 Å². The number of aromatic nitrogens is 2. The third-order valence-electron chi connectivity index (χ3n) is 6.90. The number of benzene rings is 3. The SMILES string of the molecule is COc1ccc2c(c1)CCc1c(-c3ccc(C(=O)NC4Cc5ccccc5C4)cc3)n[nH]c1-2. The number of carbonyl (C=O) groups is 1. The highest BCUT2D eigenvalue weighted by molar-refractivity contribution is 5.95. The van der Waals surface area contributed by atoms with Gasteiger partial charge in [-0.15, -0.1) is 0 Å². The number of aryl methyl sites for hydroxylation is 1. The standard InChI is InChI=1S/C28H25N3O2/c1-33-23-11-13-24-21(16-23)10-12-25-26(30-31-27(24)25)17-6-8-18(9-7-17)28(32)29-22-14-19-4-2-3-5-20(19)15-22/h2-9,11,13,16,22H,10,12,14-15H2,1H3,(H,29,32)(H,30,31). The van der Waals surface area contributed by atoms with E-state index in [1.807, 2.05) is 30.3 Å². The molecule has 5 nitrogen and oxygen atoms in total. The van der Waals surface area contributed by atoms with Gasteiger partial charge in [0.05, 0.1) is 18.5 Å². The van der Waals surface area contributed by atoms with Crippen molar-refractivity contribution in [2.24, 2.45) is 0 Å². The molecule has 0 atom stereocenters. The van der Waals surface area contributed by atoms with Gasteiger partial charge in [-0.2, -0.15) is 5.10 Å². The summed E-state index contributed by atoms with van der Waals surface area (Å²) in [6, 6.07) is 22.6. The van der Waals surface area contributed by atoms with Crippen LogP contribution in [0.15, 0.2) is 66.7 Å². The Morgan fingerprint density at radius 2 is 1.73 bits per heavy atom. The molecule has 5 heteroatoms. The van der Waals surface area contributed by atoms with Gasteiger partial charge in [0.25, 0.3) is 5.91 Å². The maximum Gasteiger partial charge on any atom is 0.251 e. The van der Waals surface area contributed by atoms with E-state index in [1.165, 1.54) is 27.8 Å². The molecule has 1 aromatic heterocycles. The van der Waals surface area contributed by atoms with Crippen LogP contribution in [0.4, 0.5) is 0 Å². The molecule has 1 heterocycles. The number of nitrogens with zero attached hydrogens (tertiary/aromatic N) is 1. The second-order valence-corrected chi connectivity index (χ2v) is 8.87. The van der Waals surface area contributed by atoms with Crippen molar-refractivity contribution >= 4 is 5.91 Å². The van der Waals surface area contributed by atoms with E-state index in [0.29, 0.717) is 5.56 Å². The second kappa shape index (κ2) is 7.93. The lowest BCUT2D eigenvalue weighted by Crippen LogP contribution is -2.35. The molecule has 1 amide bonds. The summed E-state index contributed by atoms with van der Waals surface area (Å²) >= 11 is 0. The zero-order valence-corrected chi connectivity index (χ0v) is 18.5. The van der Waals surface area contributed by atoms with E-state index in [9.17, 15) is 4.79 Å². The van der Waals surface area contributed by atoms with Crippen LogP contribution in [0.5, 0.6) is 5.75 Å². The number of hydrogen-bond acceptors (Lipinski definition) is 3. The van der Waals surface area contributed by atoms with Gasteiger partial charge < -0.3 is 10.1 Å². The van der Waals surface area contributed by atoms with Crippen LogP contribution in [-0.4, -0.2) is 29.3 Å². The molecule has 2 aliphatic rings. The molecule has 33 heavy (non-hydrogen) atoms. The Balaban J connectivity index is 1.20. The van der Waals surface area contributed by atoms with Gasteiger partial charge >= 0.3 is 0 Å². The van der Waals surface area contributed by atoms with Crippen LogP contribution in [0.1, 0.15) is 32.6 Å². The Morgan fingerprint density at radius 3 is 2.45 bits per heavy atom. The largest absolute Gasteiger partial charge is 0.497 e. The first-order chi connectivity index (χ1) is 16.2. The highest BCUT2D eigenvalue weighted by atomic mass is 16.5. The lowest BCUT2D eigenvalue weighted by molar-refractivity contribution is 0.0938. The number of aromatic amines is 1. The Labute approximate surface area is 192 Å². The third kappa shape index (κ3) is 3.50. The summed E-state index contributed by atoms with van der Waals surface area (Å²) in [5, 5.41) is 11.1. The van der Waals surface area contributed by atoms with Gasteiger partial charge in [-0.1, -0.05) is 36.4 Å². The predicted molar refractivity (Wildman–Crippen MR) is 129 cm³/mol. The molecule has 0 radical (unpaired) electrons. The van der Waals surface area contributed by atoms with Crippen LogP contribution in [0.25, 0.3) is 22.5 Å². The van der Waals surface area contributed by atoms with Crippen molar-refractivity contribution in [3.8, 4) is 28.3 Å². The normalized spacial score (nSPS) is 14.3. The van der Waals surface area contributed by atoms with Crippen LogP contribution in [0, 0.1) is 0 Å². The van der Waals surface area contributed by atoms with E-state index >= 15 is 0 Å². The summed E-state index contributed by atoms with van der Waals surface area (Å²) < 4.78 is 5.37. The predicted octanol–water partition coefficient (Wildman–Crippen LogP) is 4.75. The van der Waals surface area contributed by atoms with E-state index in [1.54, 1.807) is 7.11 Å². The van der Waals surface area contributed by atoms with E-state index in [-0.39, 0.29) is 11.9 Å². The summed E-state index contributed by atoms with van der Waals surface area (Å²) in [5.41, 5.74) is 10.1. The van der Waals surface area contributed by atoms with Crippen LogP contribution >= 0.6 is 0 Å².